The Balaban J connectivity index is 1.94. The molecule has 110 valence electrons. The van der Waals surface area contributed by atoms with E-state index in [9.17, 15) is 14.4 Å². The van der Waals surface area contributed by atoms with Gasteiger partial charge in [-0.25, -0.2) is 0 Å². The van der Waals surface area contributed by atoms with Crippen LogP contribution in [0.3, 0.4) is 0 Å². The van der Waals surface area contributed by atoms with Gasteiger partial charge in [-0.05, 0) is 25.0 Å². The molecule has 1 aromatic rings. The second-order valence-corrected chi connectivity index (χ2v) is 4.80. The second kappa shape index (κ2) is 6.69. The molecule has 1 aromatic carbocycles. The molecule has 0 fully saturated rings. The molecule has 6 nitrogen and oxygen atoms in total. The highest BCUT2D eigenvalue weighted by Gasteiger charge is 2.34. The molecule has 0 bridgehead atoms. The van der Waals surface area contributed by atoms with Crippen LogP contribution in [0.4, 0.5) is 0 Å². The first-order valence-corrected chi connectivity index (χ1v) is 6.62. The van der Waals surface area contributed by atoms with Crippen molar-refractivity contribution in [1.29, 1.82) is 0 Å². The summed E-state index contributed by atoms with van der Waals surface area (Å²) >= 11 is 0. The molecular weight excluding hydrogens is 272 g/mol. The number of hydrazine groups is 1. The number of allylic oxidation sites excluding steroid dienone is 2. The van der Waals surface area contributed by atoms with Gasteiger partial charge in [0.25, 0.3) is 5.91 Å². The first kappa shape index (κ1) is 14.8. The molecule has 0 radical (unpaired) electrons. The van der Waals surface area contributed by atoms with Crippen LogP contribution in [0, 0.1) is 11.8 Å². The predicted octanol–water partition coefficient (Wildman–Crippen LogP) is 1.11. The van der Waals surface area contributed by atoms with Crippen molar-refractivity contribution in [3.63, 3.8) is 0 Å². The molecule has 21 heavy (non-hydrogen) atoms. The molecule has 1 aliphatic rings. The maximum absolute atomic E-state index is 12.0. The first-order valence-electron chi connectivity index (χ1n) is 6.62. The van der Waals surface area contributed by atoms with Crippen molar-refractivity contribution in [3.05, 3.63) is 48.0 Å². The number of hydrogen-bond acceptors (Lipinski definition) is 3. The van der Waals surface area contributed by atoms with Crippen LogP contribution in [-0.2, 0) is 9.59 Å². The number of nitrogens with one attached hydrogen (secondary N) is 2. The number of carbonyl (C=O) groups excluding carboxylic acids is 2. The Kier molecular flexibility index (Phi) is 4.71. The summed E-state index contributed by atoms with van der Waals surface area (Å²) in [7, 11) is 0. The fraction of sp³-hybridized carbons (Fsp3) is 0.267. The molecule has 0 aromatic heterocycles. The number of carbonyl (C=O) groups is 3. The third-order valence-electron chi connectivity index (χ3n) is 3.42. The van der Waals surface area contributed by atoms with Crippen molar-refractivity contribution in [3.8, 4) is 0 Å². The summed E-state index contributed by atoms with van der Waals surface area (Å²) < 4.78 is 0. The molecule has 0 saturated carbocycles. The standard InChI is InChI=1S/C15H16N2O4/c18-13(10-6-2-1-3-7-10)16-17-14(19)11-8-4-5-9-12(11)15(20)21/h1-7,11-12H,8-9H2,(H,16,18)(H,17,19)(H,20,21)/t11-,12-/m0/s1. The monoisotopic (exact) mass is 288 g/mol. The molecule has 2 amide bonds. The van der Waals surface area contributed by atoms with Crippen molar-refractivity contribution in [1.82, 2.24) is 10.9 Å². The number of aliphatic carboxylic acids is 1. The fourth-order valence-electron chi connectivity index (χ4n) is 2.25. The Morgan fingerprint density at radius 2 is 1.57 bits per heavy atom. The van der Waals surface area contributed by atoms with Gasteiger partial charge in [0.15, 0.2) is 0 Å². The van der Waals surface area contributed by atoms with E-state index in [0.29, 0.717) is 18.4 Å². The lowest BCUT2D eigenvalue weighted by Crippen LogP contribution is -2.47. The Hall–Kier alpha value is -2.63. The van der Waals surface area contributed by atoms with Gasteiger partial charge < -0.3 is 5.11 Å². The van der Waals surface area contributed by atoms with Gasteiger partial charge in [-0.2, -0.15) is 0 Å². The smallest absolute Gasteiger partial charge is 0.307 e. The van der Waals surface area contributed by atoms with Gasteiger partial charge >= 0.3 is 5.97 Å². The zero-order chi connectivity index (χ0) is 15.2. The molecule has 2 rings (SSSR count). The average molecular weight is 288 g/mol. The minimum absolute atomic E-state index is 0.319. The SMILES string of the molecule is O=C(NNC(=O)[C@H]1CC=CC[C@@H]1C(=O)O)c1ccccc1. The van der Waals surface area contributed by atoms with Crippen molar-refractivity contribution >= 4 is 17.8 Å². The highest BCUT2D eigenvalue weighted by Crippen LogP contribution is 2.25. The maximum atomic E-state index is 12.0. The zero-order valence-corrected chi connectivity index (χ0v) is 11.3. The largest absolute Gasteiger partial charge is 0.481 e. The molecule has 0 spiro atoms. The van der Waals surface area contributed by atoms with Crippen LogP contribution in [0.15, 0.2) is 42.5 Å². The van der Waals surface area contributed by atoms with Gasteiger partial charge in [0, 0.05) is 5.56 Å². The fourth-order valence-corrected chi connectivity index (χ4v) is 2.25. The predicted molar refractivity (Wildman–Crippen MR) is 75.0 cm³/mol. The van der Waals surface area contributed by atoms with Crippen molar-refractivity contribution in [2.45, 2.75) is 12.8 Å². The molecule has 0 heterocycles. The lowest BCUT2D eigenvalue weighted by atomic mass is 9.82. The van der Waals surface area contributed by atoms with Crippen LogP contribution >= 0.6 is 0 Å². The van der Waals surface area contributed by atoms with Crippen LogP contribution in [0.2, 0.25) is 0 Å². The van der Waals surface area contributed by atoms with Crippen LogP contribution in [0.5, 0.6) is 0 Å². The number of amides is 2. The van der Waals surface area contributed by atoms with Crippen molar-refractivity contribution in [2.24, 2.45) is 11.8 Å². The van der Waals surface area contributed by atoms with Gasteiger partial charge in [0.2, 0.25) is 5.91 Å². The summed E-state index contributed by atoms with van der Waals surface area (Å²) in [6.45, 7) is 0. The normalized spacial score (nSPS) is 20.6. The maximum Gasteiger partial charge on any atom is 0.307 e. The van der Waals surface area contributed by atoms with E-state index in [1.807, 2.05) is 0 Å². The van der Waals surface area contributed by atoms with Crippen molar-refractivity contribution in [2.75, 3.05) is 0 Å². The van der Waals surface area contributed by atoms with Crippen molar-refractivity contribution < 1.29 is 19.5 Å². The molecule has 3 N–H and O–H groups in total. The van der Waals surface area contributed by atoms with Crippen LogP contribution in [0.1, 0.15) is 23.2 Å². The van der Waals surface area contributed by atoms with E-state index in [0.717, 1.165) is 0 Å². The van der Waals surface area contributed by atoms with Crippen LogP contribution in [-0.4, -0.2) is 22.9 Å². The van der Waals surface area contributed by atoms with Crippen LogP contribution in [0.25, 0.3) is 0 Å². The van der Waals surface area contributed by atoms with E-state index >= 15 is 0 Å². The van der Waals surface area contributed by atoms with Gasteiger partial charge in [-0.3, -0.25) is 25.2 Å². The molecule has 1 aliphatic carbocycles. The average Bonchev–Trinajstić information content (AvgIpc) is 2.53. The van der Waals surface area contributed by atoms with Gasteiger partial charge in [-0.15, -0.1) is 0 Å². The van der Waals surface area contributed by atoms with E-state index < -0.39 is 29.6 Å². The zero-order valence-electron chi connectivity index (χ0n) is 11.3. The second-order valence-electron chi connectivity index (χ2n) is 4.80. The van der Waals surface area contributed by atoms with Gasteiger partial charge in [0.05, 0.1) is 11.8 Å². The Bertz CT molecular complexity index is 568. The van der Waals surface area contributed by atoms with E-state index in [2.05, 4.69) is 10.9 Å². The summed E-state index contributed by atoms with van der Waals surface area (Å²) in [6, 6.07) is 8.43. The minimum Gasteiger partial charge on any atom is -0.481 e. The van der Waals surface area contributed by atoms with E-state index in [1.54, 1.807) is 42.5 Å². The van der Waals surface area contributed by atoms with Gasteiger partial charge in [-0.1, -0.05) is 30.4 Å². The third kappa shape index (κ3) is 3.68. The summed E-state index contributed by atoms with van der Waals surface area (Å²) in [4.78, 5) is 34.9. The number of carboxylic acids is 1. The summed E-state index contributed by atoms with van der Waals surface area (Å²) in [5.41, 5.74) is 5.01. The van der Waals surface area contributed by atoms with E-state index in [1.165, 1.54) is 0 Å². The highest BCUT2D eigenvalue weighted by atomic mass is 16.4. The highest BCUT2D eigenvalue weighted by molar-refractivity contribution is 5.95. The Labute approximate surface area is 121 Å². The Morgan fingerprint density at radius 3 is 2.19 bits per heavy atom. The molecular formula is C15H16N2O4. The lowest BCUT2D eigenvalue weighted by molar-refractivity contribution is -0.147. The molecule has 0 saturated heterocycles. The summed E-state index contributed by atoms with van der Waals surface area (Å²) in [5.74, 6) is -3.38. The topological polar surface area (TPSA) is 95.5 Å². The molecule has 6 heteroatoms. The molecule has 2 atom stereocenters. The number of carboxylic acid groups (broad SMARTS) is 1. The molecule has 0 unspecified atom stereocenters. The van der Waals surface area contributed by atoms with E-state index in [4.69, 9.17) is 5.11 Å². The minimum atomic E-state index is -1.01. The summed E-state index contributed by atoms with van der Waals surface area (Å²) in [5, 5.41) is 9.11. The lowest BCUT2D eigenvalue weighted by Gasteiger charge is -2.24. The van der Waals surface area contributed by atoms with Gasteiger partial charge in [0.1, 0.15) is 0 Å². The first-order chi connectivity index (χ1) is 10.1. The number of rotatable bonds is 3. The quantitative estimate of drug-likeness (QED) is 0.573. The number of hydrogen-bond donors (Lipinski definition) is 3. The number of benzene rings is 1. The Morgan fingerprint density at radius 1 is 0.952 bits per heavy atom. The van der Waals surface area contributed by atoms with Crippen LogP contribution < -0.4 is 10.9 Å². The van der Waals surface area contributed by atoms with E-state index in [-0.39, 0.29) is 0 Å². The molecule has 0 aliphatic heterocycles. The summed E-state index contributed by atoms with van der Waals surface area (Å²) in [6.07, 6.45) is 4.21. The third-order valence-corrected chi connectivity index (χ3v) is 3.42.